The first kappa shape index (κ1) is 17.5. The second-order valence-corrected chi connectivity index (χ2v) is 6.59. The zero-order valence-corrected chi connectivity index (χ0v) is 15.8. The van der Waals surface area contributed by atoms with Crippen molar-refractivity contribution in [3.8, 4) is 5.75 Å². The average molecular weight is 365 g/mol. The van der Waals surface area contributed by atoms with Gasteiger partial charge in [-0.15, -0.1) is 5.10 Å². The smallest absolute Gasteiger partial charge is 0.120 e. The van der Waals surface area contributed by atoms with Gasteiger partial charge in [-0.2, -0.15) is 0 Å². The first-order chi connectivity index (χ1) is 13.2. The number of fused-ring (bicyclic) bond motifs is 3. The monoisotopic (exact) mass is 365 g/mol. The lowest BCUT2D eigenvalue weighted by Gasteiger charge is -2.09. The second-order valence-electron chi connectivity index (χ2n) is 6.59. The normalized spacial score (nSPS) is 11.5. The van der Waals surface area contributed by atoms with E-state index in [-0.39, 0.29) is 0 Å². The van der Waals surface area contributed by atoms with Crippen LogP contribution in [0.1, 0.15) is 17.8 Å². The van der Waals surface area contributed by atoms with Gasteiger partial charge in [-0.25, -0.2) is 0 Å². The molecular formula is C20H23N5O2. The predicted octanol–water partition coefficient (Wildman–Crippen LogP) is 3.33. The van der Waals surface area contributed by atoms with E-state index in [2.05, 4.69) is 45.0 Å². The van der Waals surface area contributed by atoms with Crippen LogP contribution in [0.4, 0.5) is 0 Å². The maximum atomic E-state index is 5.44. The van der Waals surface area contributed by atoms with Gasteiger partial charge >= 0.3 is 0 Å². The summed E-state index contributed by atoms with van der Waals surface area (Å²) >= 11 is 0. The summed E-state index contributed by atoms with van der Waals surface area (Å²) in [5, 5.41) is 10.7. The maximum Gasteiger partial charge on any atom is 0.120 e. The summed E-state index contributed by atoms with van der Waals surface area (Å²) in [6.07, 6.45) is 4.74. The van der Waals surface area contributed by atoms with Crippen molar-refractivity contribution in [2.75, 3.05) is 14.2 Å². The third kappa shape index (κ3) is 3.26. The minimum atomic E-state index is 0.484. The summed E-state index contributed by atoms with van der Waals surface area (Å²) in [7, 11) is 3.36. The Balaban J connectivity index is 1.66. The highest BCUT2D eigenvalue weighted by atomic mass is 16.5. The molecule has 7 nitrogen and oxygen atoms in total. The Morgan fingerprint density at radius 1 is 1.07 bits per heavy atom. The molecule has 0 saturated carbocycles. The van der Waals surface area contributed by atoms with E-state index >= 15 is 0 Å². The van der Waals surface area contributed by atoms with Gasteiger partial charge in [0.25, 0.3) is 0 Å². The van der Waals surface area contributed by atoms with Crippen LogP contribution in [0.2, 0.25) is 0 Å². The Morgan fingerprint density at radius 3 is 2.78 bits per heavy atom. The van der Waals surface area contributed by atoms with Gasteiger partial charge in [0, 0.05) is 43.2 Å². The van der Waals surface area contributed by atoms with Gasteiger partial charge in [-0.1, -0.05) is 5.21 Å². The summed E-state index contributed by atoms with van der Waals surface area (Å²) < 4.78 is 14.7. The van der Waals surface area contributed by atoms with Crippen LogP contribution in [0.15, 0.2) is 36.7 Å². The lowest BCUT2D eigenvalue weighted by molar-refractivity contribution is 0.181. The summed E-state index contributed by atoms with van der Waals surface area (Å²) in [6, 6.07) is 8.32. The standard InChI is InChI=1S/C20H23N5O2/c1-14-20-18(7-8-21-14)17-6-5-16(27-3)11-19(17)25(20)10-4-9-24-12-15(13-26-2)22-23-24/h5-8,11-12H,4,9-10,13H2,1-3H3. The SMILES string of the molecule is COCc1cn(CCCn2c3cc(OC)ccc3c3ccnc(C)c32)nn1. The molecule has 0 amide bonds. The number of aromatic nitrogens is 5. The molecule has 0 N–H and O–H groups in total. The van der Waals surface area contributed by atoms with Crippen molar-refractivity contribution in [1.29, 1.82) is 0 Å². The molecular weight excluding hydrogens is 342 g/mol. The van der Waals surface area contributed by atoms with Crippen LogP contribution in [0.5, 0.6) is 5.75 Å². The Labute approximate surface area is 157 Å². The number of hydrogen-bond donors (Lipinski definition) is 0. The molecule has 140 valence electrons. The molecule has 0 spiro atoms. The highest BCUT2D eigenvalue weighted by Gasteiger charge is 2.14. The van der Waals surface area contributed by atoms with Crippen molar-refractivity contribution in [1.82, 2.24) is 24.5 Å². The van der Waals surface area contributed by atoms with E-state index in [1.54, 1.807) is 14.2 Å². The van der Waals surface area contributed by atoms with Crippen molar-refractivity contribution >= 4 is 21.8 Å². The number of rotatable bonds is 7. The van der Waals surface area contributed by atoms with Gasteiger partial charge in [-0.05, 0) is 31.5 Å². The van der Waals surface area contributed by atoms with Crippen LogP contribution >= 0.6 is 0 Å². The van der Waals surface area contributed by atoms with Crippen molar-refractivity contribution < 1.29 is 9.47 Å². The van der Waals surface area contributed by atoms with Gasteiger partial charge < -0.3 is 14.0 Å². The summed E-state index contributed by atoms with van der Waals surface area (Å²) in [4.78, 5) is 4.50. The highest BCUT2D eigenvalue weighted by Crippen LogP contribution is 2.32. The first-order valence-electron chi connectivity index (χ1n) is 9.00. The number of aryl methyl sites for hydroxylation is 3. The minimum absolute atomic E-state index is 0.484. The Kier molecular flexibility index (Phi) is 4.77. The molecule has 0 fully saturated rings. The fraction of sp³-hybridized carbons (Fsp3) is 0.350. The number of methoxy groups -OCH3 is 2. The van der Waals surface area contributed by atoms with E-state index in [0.29, 0.717) is 6.61 Å². The Morgan fingerprint density at radius 2 is 1.96 bits per heavy atom. The lowest BCUT2D eigenvalue weighted by Crippen LogP contribution is -2.05. The van der Waals surface area contributed by atoms with E-state index in [9.17, 15) is 0 Å². The van der Waals surface area contributed by atoms with Gasteiger partial charge in [0.2, 0.25) is 0 Å². The third-order valence-electron chi connectivity index (χ3n) is 4.81. The molecule has 3 aromatic heterocycles. The fourth-order valence-electron chi connectivity index (χ4n) is 3.61. The molecule has 27 heavy (non-hydrogen) atoms. The number of nitrogens with zero attached hydrogens (tertiary/aromatic N) is 5. The lowest BCUT2D eigenvalue weighted by atomic mass is 10.1. The Hall–Kier alpha value is -2.93. The van der Waals surface area contributed by atoms with Crippen LogP contribution in [0.3, 0.4) is 0 Å². The van der Waals surface area contributed by atoms with Crippen molar-refractivity contribution in [3.05, 3.63) is 48.0 Å². The zero-order valence-electron chi connectivity index (χ0n) is 15.8. The largest absolute Gasteiger partial charge is 0.497 e. The number of hydrogen-bond acceptors (Lipinski definition) is 5. The summed E-state index contributed by atoms with van der Waals surface area (Å²) in [6.45, 7) is 4.20. The predicted molar refractivity (Wildman–Crippen MR) is 104 cm³/mol. The summed E-state index contributed by atoms with van der Waals surface area (Å²) in [5.41, 5.74) is 4.23. The Bertz CT molecular complexity index is 1080. The molecule has 0 aliphatic carbocycles. The van der Waals surface area contributed by atoms with Gasteiger partial charge in [0.05, 0.1) is 36.6 Å². The molecule has 0 bridgehead atoms. The maximum absolute atomic E-state index is 5.44. The molecule has 4 aromatic rings. The molecule has 1 aromatic carbocycles. The van der Waals surface area contributed by atoms with Crippen LogP contribution < -0.4 is 4.74 Å². The molecule has 0 saturated heterocycles. The number of ether oxygens (including phenoxy) is 2. The quantitative estimate of drug-likeness (QED) is 0.502. The fourth-order valence-corrected chi connectivity index (χ4v) is 3.61. The van der Waals surface area contributed by atoms with Crippen LogP contribution in [-0.4, -0.2) is 38.8 Å². The van der Waals surface area contributed by atoms with E-state index in [4.69, 9.17) is 9.47 Å². The number of benzene rings is 1. The molecule has 0 aliphatic heterocycles. The molecule has 0 radical (unpaired) electrons. The minimum Gasteiger partial charge on any atom is -0.497 e. The molecule has 0 aliphatic rings. The molecule has 0 atom stereocenters. The average Bonchev–Trinajstić information content (AvgIpc) is 3.25. The van der Waals surface area contributed by atoms with Crippen LogP contribution in [0.25, 0.3) is 21.8 Å². The van der Waals surface area contributed by atoms with Gasteiger partial charge in [-0.3, -0.25) is 9.67 Å². The first-order valence-corrected chi connectivity index (χ1v) is 9.00. The van der Waals surface area contributed by atoms with E-state index in [1.165, 1.54) is 21.8 Å². The van der Waals surface area contributed by atoms with Crippen molar-refractivity contribution in [2.45, 2.75) is 33.0 Å². The van der Waals surface area contributed by atoms with Gasteiger partial charge in [0.1, 0.15) is 11.4 Å². The third-order valence-corrected chi connectivity index (χ3v) is 4.81. The molecule has 4 rings (SSSR count). The van der Waals surface area contributed by atoms with Crippen LogP contribution in [0, 0.1) is 6.92 Å². The zero-order chi connectivity index (χ0) is 18.8. The second kappa shape index (κ2) is 7.36. The van der Waals surface area contributed by atoms with Crippen molar-refractivity contribution in [2.24, 2.45) is 0 Å². The summed E-state index contributed by atoms with van der Waals surface area (Å²) in [5.74, 6) is 0.859. The topological polar surface area (TPSA) is 67.0 Å². The number of pyridine rings is 1. The van der Waals surface area contributed by atoms with Gasteiger partial charge in [0.15, 0.2) is 0 Å². The highest BCUT2D eigenvalue weighted by molar-refractivity contribution is 6.09. The molecule has 3 heterocycles. The molecule has 7 heteroatoms. The van der Waals surface area contributed by atoms with E-state index in [1.807, 2.05) is 23.1 Å². The van der Waals surface area contributed by atoms with E-state index in [0.717, 1.165) is 36.6 Å². The molecule has 0 unspecified atom stereocenters. The van der Waals surface area contributed by atoms with Crippen molar-refractivity contribution in [3.63, 3.8) is 0 Å². The van der Waals surface area contributed by atoms with Crippen LogP contribution in [-0.2, 0) is 24.4 Å². The van der Waals surface area contributed by atoms with E-state index < -0.39 is 0 Å².